The van der Waals surface area contributed by atoms with Crippen LogP contribution < -0.4 is 4.90 Å². The first-order valence-corrected chi connectivity index (χ1v) is 19.7. The molecule has 1 unspecified atom stereocenters. The topological polar surface area (TPSA) is 163 Å². The van der Waals surface area contributed by atoms with Crippen molar-refractivity contribution in [2.24, 2.45) is 0 Å². The molecule has 15 nitrogen and oxygen atoms in total. The Kier molecular flexibility index (Phi) is 11.1. The minimum absolute atomic E-state index is 0.0108. The maximum Gasteiger partial charge on any atom is 0.416 e. The highest BCUT2D eigenvalue weighted by atomic mass is 35.5. The van der Waals surface area contributed by atoms with Crippen LogP contribution in [0.25, 0.3) is 11.0 Å². The molecule has 0 aromatic carbocycles. The summed E-state index contributed by atoms with van der Waals surface area (Å²) in [4.78, 5) is 37.6. The molecule has 3 aliphatic rings. The minimum Gasteiger partial charge on any atom is -0.463 e. The molecule has 0 radical (unpaired) electrons. The number of fused-ring (bicyclic) bond motifs is 2. The number of carbonyl (C=O) groups is 2. The van der Waals surface area contributed by atoms with Crippen molar-refractivity contribution in [1.29, 1.82) is 0 Å². The van der Waals surface area contributed by atoms with Gasteiger partial charge in [-0.3, -0.25) is 4.90 Å². The highest BCUT2D eigenvalue weighted by molar-refractivity contribution is 7.64. The Bertz CT molecular complexity index is 1570. The van der Waals surface area contributed by atoms with Gasteiger partial charge in [0, 0.05) is 19.6 Å². The van der Waals surface area contributed by atoms with E-state index in [-0.39, 0.29) is 37.6 Å². The zero-order valence-corrected chi connectivity index (χ0v) is 31.4. The van der Waals surface area contributed by atoms with Crippen molar-refractivity contribution in [3.63, 3.8) is 0 Å². The van der Waals surface area contributed by atoms with Gasteiger partial charge < -0.3 is 37.7 Å². The van der Waals surface area contributed by atoms with E-state index in [1.165, 1.54) is 25.1 Å². The second-order valence-electron chi connectivity index (χ2n) is 14.5. The predicted molar refractivity (Wildman–Crippen MR) is 180 cm³/mol. The Labute approximate surface area is 291 Å². The van der Waals surface area contributed by atoms with E-state index in [1.54, 1.807) is 31.9 Å². The molecule has 1 saturated carbocycles. The second kappa shape index (κ2) is 14.3. The van der Waals surface area contributed by atoms with Crippen molar-refractivity contribution in [3.05, 3.63) is 11.5 Å². The zero-order chi connectivity index (χ0) is 35.9. The number of methoxy groups -OCH3 is 1. The summed E-state index contributed by atoms with van der Waals surface area (Å²) < 4.78 is 57.1. The summed E-state index contributed by atoms with van der Waals surface area (Å²) in [6.07, 6.45) is 1.53. The van der Waals surface area contributed by atoms with Crippen molar-refractivity contribution in [2.45, 2.75) is 121 Å². The lowest BCUT2D eigenvalue weighted by Gasteiger charge is -2.36. The maximum absolute atomic E-state index is 13.7. The second-order valence-corrected chi connectivity index (χ2v) is 18.2. The van der Waals surface area contributed by atoms with Crippen LogP contribution in [-0.2, 0) is 42.5 Å². The van der Waals surface area contributed by atoms with Gasteiger partial charge in [-0.15, -0.1) is 0 Å². The number of carbonyl (C=O) groups excluding carboxylic acids is 2. The summed E-state index contributed by atoms with van der Waals surface area (Å²) in [6, 6.07) is -0.140. The SMILES string of the molecule is CCOC(=O)C(CCOC)(OC[C@H]1O[C@@H](n2ncc3c(N(C(=O)OC(C)(C)C)C4CCCC4)nc(Cl)nc32)[C@@H]2OC(C)(C)O[C@@H]21)P(C)(C)=O. The molecule has 0 spiro atoms. The summed E-state index contributed by atoms with van der Waals surface area (Å²) >= 11 is 6.53. The van der Waals surface area contributed by atoms with Gasteiger partial charge in [0.05, 0.1) is 31.4 Å². The molecule has 2 aliphatic heterocycles. The van der Waals surface area contributed by atoms with Crippen LogP contribution in [0.15, 0.2) is 6.20 Å². The van der Waals surface area contributed by atoms with E-state index in [1.807, 2.05) is 20.8 Å². The van der Waals surface area contributed by atoms with Gasteiger partial charge in [0.15, 0.2) is 23.5 Å². The third kappa shape index (κ3) is 7.78. The van der Waals surface area contributed by atoms with Crippen molar-refractivity contribution in [2.75, 3.05) is 45.2 Å². The number of halogens is 1. The molecule has 274 valence electrons. The monoisotopic (exact) mass is 729 g/mol. The molecule has 2 saturated heterocycles. The maximum atomic E-state index is 13.7. The standard InChI is InChI=1S/C32H49ClN5O10P/c1-10-43-27(39)32(15-16-42-7,49(8,9)41)44-18-21-22-23(47-31(5,6)46-22)26(45-21)38-25-20(17-34-38)24(35-28(33)36-25)37(19-13-11-12-14-19)29(40)48-30(2,3)4/h17,19,21-23,26H,10-16,18H2,1-9H3/t21-,22-,23-,26-,32?/m1/s1. The number of ether oxygens (including phenoxy) is 7. The third-order valence-corrected chi connectivity index (χ3v) is 11.3. The fourth-order valence-corrected chi connectivity index (χ4v) is 8.39. The van der Waals surface area contributed by atoms with E-state index in [0.29, 0.717) is 16.9 Å². The number of hydrogen-bond acceptors (Lipinski definition) is 13. The van der Waals surface area contributed by atoms with Gasteiger partial charge in [-0.25, -0.2) is 14.3 Å². The number of rotatable bonds is 12. The average molecular weight is 730 g/mol. The highest BCUT2D eigenvalue weighted by Gasteiger charge is 2.58. The van der Waals surface area contributed by atoms with Crippen LogP contribution in [0.3, 0.4) is 0 Å². The Morgan fingerprint density at radius 2 is 1.82 bits per heavy atom. The fraction of sp³-hybridized carbons (Fsp3) is 0.781. The third-order valence-electron chi connectivity index (χ3n) is 8.88. The van der Waals surface area contributed by atoms with Crippen LogP contribution in [0.2, 0.25) is 5.28 Å². The van der Waals surface area contributed by atoms with Gasteiger partial charge in [-0.2, -0.15) is 15.1 Å². The molecule has 4 heterocycles. The fourth-order valence-electron chi connectivity index (χ4n) is 6.71. The number of nitrogens with zero attached hydrogens (tertiary/aromatic N) is 5. The molecule has 0 bridgehead atoms. The molecule has 17 heteroatoms. The summed E-state index contributed by atoms with van der Waals surface area (Å²) in [5.74, 6) is -1.44. The smallest absolute Gasteiger partial charge is 0.416 e. The lowest BCUT2D eigenvalue weighted by Crippen LogP contribution is -2.46. The summed E-state index contributed by atoms with van der Waals surface area (Å²) in [5.41, 5.74) is -0.421. The molecule has 2 aromatic heterocycles. The lowest BCUT2D eigenvalue weighted by atomic mass is 10.1. The number of anilines is 1. The van der Waals surface area contributed by atoms with Crippen LogP contribution in [0.4, 0.5) is 10.6 Å². The van der Waals surface area contributed by atoms with Gasteiger partial charge in [0.25, 0.3) is 0 Å². The number of aromatic nitrogens is 4. The quantitative estimate of drug-likeness (QED) is 0.153. The molecule has 0 N–H and O–H groups in total. The predicted octanol–water partition coefficient (Wildman–Crippen LogP) is 5.52. The zero-order valence-electron chi connectivity index (χ0n) is 29.8. The largest absolute Gasteiger partial charge is 0.463 e. The van der Waals surface area contributed by atoms with Crippen molar-refractivity contribution >= 4 is 47.7 Å². The molecule has 1 aliphatic carbocycles. The first kappa shape index (κ1) is 37.9. The number of hydrogen-bond donors (Lipinski definition) is 0. The van der Waals surface area contributed by atoms with Crippen LogP contribution in [-0.4, -0.2) is 113 Å². The molecule has 49 heavy (non-hydrogen) atoms. The first-order chi connectivity index (χ1) is 22.9. The molecule has 5 rings (SSSR count). The highest BCUT2D eigenvalue weighted by Crippen LogP contribution is 2.56. The van der Waals surface area contributed by atoms with E-state index < -0.39 is 60.5 Å². The molecular weight excluding hydrogens is 681 g/mol. The Hall–Kier alpha value is -2.39. The number of esters is 1. The van der Waals surface area contributed by atoms with Crippen LogP contribution in [0, 0.1) is 0 Å². The van der Waals surface area contributed by atoms with Gasteiger partial charge in [0.1, 0.15) is 31.1 Å². The average Bonchev–Trinajstić information content (AvgIpc) is 3.77. The normalized spacial score (nSPS) is 25.3. The van der Waals surface area contributed by atoms with E-state index in [4.69, 9.17) is 44.8 Å². The molecular formula is C32H49ClN5O10P. The Balaban J connectivity index is 1.51. The molecule has 5 atom stereocenters. The van der Waals surface area contributed by atoms with Crippen molar-refractivity contribution in [1.82, 2.24) is 19.7 Å². The molecule has 3 fully saturated rings. The van der Waals surface area contributed by atoms with Gasteiger partial charge in [-0.05, 0) is 79.3 Å². The van der Waals surface area contributed by atoms with Crippen LogP contribution in [0.1, 0.15) is 79.9 Å². The Morgan fingerprint density at radius 1 is 1.14 bits per heavy atom. The van der Waals surface area contributed by atoms with E-state index >= 15 is 0 Å². The number of amides is 1. The summed E-state index contributed by atoms with van der Waals surface area (Å²) in [7, 11) is -1.79. The van der Waals surface area contributed by atoms with E-state index in [2.05, 4.69) is 15.1 Å². The minimum atomic E-state index is -3.28. The van der Waals surface area contributed by atoms with Crippen LogP contribution >= 0.6 is 18.7 Å². The summed E-state index contributed by atoms with van der Waals surface area (Å²) in [5, 5.41) is 3.25. The molecule has 1 amide bonds. The van der Waals surface area contributed by atoms with Gasteiger partial charge in [-0.1, -0.05) is 12.8 Å². The van der Waals surface area contributed by atoms with E-state index in [0.717, 1.165) is 25.7 Å². The summed E-state index contributed by atoms with van der Waals surface area (Å²) in [6.45, 7) is 13.7. The van der Waals surface area contributed by atoms with Crippen LogP contribution in [0.5, 0.6) is 0 Å². The Morgan fingerprint density at radius 3 is 2.43 bits per heavy atom. The van der Waals surface area contributed by atoms with Gasteiger partial charge >= 0.3 is 12.1 Å². The van der Waals surface area contributed by atoms with E-state index in [9.17, 15) is 14.2 Å². The molecule has 2 aromatic rings. The van der Waals surface area contributed by atoms with Crippen molar-refractivity contribution < 1.29 is 47.3 Å². The van der Waals surface area contributed by atoms with Crippen molar-refractivity contribution in [3.8, 4) is 0 Å². The lowest BCUT2D eigenvalue weighted by molar-refractivity contribution is -0.208. The first-order valence-electron chi connectivity index (χ1n) is 16.7. The van der Waals surface area contributed by atoms with Gasteiger partial charge in [0.2, 0.25) is 10.6 Å².